The molecule has 1 unspecified atom stereocenters. The van der Waals surface area contributed by atoms with Crippen molar-refractivity contribution >= 4 is 23.3 Å². The zero-order valence-corrected chi connectivity index (χ0v) is 14.0. The fraction of sp³-hybridized carbons (Fsp3) is 0.250. The minimum Gasteiger partial charge on any atom is -0.478 e. The van der Waals surface area contributed by atoms with Gasteiger partial charge in [0.05, 0.1) is 5.56 Å². The molecule has 0 fully saturated rings. The van der Waals surface area contributed by atoms with E-state index in [1.165, 1.54) is 29.5 Å². The van der Waals surface area contributed by atoms with Crippen molar-refractivity contribution in [2.24, 2.45) is 0 Å². The zero-order valence-electron chi connectivity index (χ0n) is 13.2. The van der Waals surface area contributed by atoms with Gasteiger partial charge in [-0.05, 0) is 30.0 Å². The number of hydrogen-bond donors (Lipinski definition) is 1. The molecule has 0 saturated carbocycles. The fourth-order valence-corrected chi connectivity index (χ4v) is 2.82. The molecule has 0 bridgehead atoms. The molecule has 1 aromatic heterocycles. The summed E-state index contributed by atoms with van der Waals surface area (Å²) in [5.74, 6) is -1.80. The Kier molecular flexibility index (Phi) is 6.07. The van der Waals surface area contributed by atoms with Crippen molar-refractivity contribution in [2.45, 2.75) is 25.9 Å². The Labute approximate surface area is 146 Å². The summed E-state index contributed by atoms with van der Waals surface area (Å²) >= 11 is 1.19. The Bertz CT molecular complexity index is 773. The van der Waals surface area contributed by atoms with Gasteiger partial charge >= 0.3 is 11.9 Å². The zero-order chi connectivity index (χ0) is 18.4. The highest BCUT2D eigenvalue weighted by molar-refractivity contribution is 7.12. The van der Waals surface area contributed by atoms with Gasteiger partial charge in [-0.1, -0.05) is 19.1 Å². The number of carbonyl (C=O) groups is 2. The van der Waals surface area contributed by atoms with Gasteiger partial charge in [0.1, 0.15) is 16.7 Å². The van der Waals surface area contributed by atoms with Crippen LogP contribution in [0.1, 0.15) is 38.9 Å². The van der Waals surface area contributed by atoms with Gasteiger partial charge in [0, 0.05) is 12.0 Å². The second-order valence-corrected chi connectivity index (χ2v) is 5.97. The molecule has 2 rings (SSSR count). The van der Waals surface area contributed by atoms with Crippen LogP contribution in [-0.4, -0.2) is 28.2 Å². The summed E-state index contributed by atoms with van der Waals surface area (Å²) in [5.41, 5.74) is 0.0792. The van der Waals surface area contributed by atoms with Crippen LogP contribution in [0.2, 0.25) is 0 Å². The van der Waals surface area contributed by atoms with Crippen LogP contribution in [0.5, 0.6) is 5.75 Å². The standard InChI is InChI=1S/C16H15NO7S/c1-2-10(24-17(21)22)9-12-11(15(18)19)5-3-6-13(12)23-16(20)14-7-4-8-25-14/h3-8,10H,2,9H2,1H3,(H,18,19). The second kappa shape index (κ2) is 8.25. The largest absolute Gasteiger partial charge is 0.478 e. The molecule has 0 aliphatic carbocycles. The molecule has 1 N–H and O–H groups in total. The Morgan fingerprint density at radius 1 is 1.32 bits per heavy atom. The molecular formula is C16H15NO7S. The first kappa shape index (κ1) is 18.4. The smallest absolute Gasteiger partial charge is 0.353 e. The summed E-state index contributed by atoms with van der Waals surface area (Å²) in [5, 5.41) is 20.7. The molecule has 9 heteroatoms. The molecule has 0 radical (unpaired) electrons. The van der Waals surface area contributed by atoms with E-state index in [4.69, 9.17) is 4.74 Å². The summed E-state index contributed by atoms with van der Waals surface area (Å²) < 4.78 is 5.31. The molecule has 0 aliphatic heterocycles. The highest BCUT2D eigenvalue weighted by atomic mass is 32.1. The molecule has 2 aromatic rings. The summed E-state index contributed by atoms with van der Waals surface area (Å²) in [6.07, 6.45) is -0.644. The summed E-state index contributed by atoms with van der Waals surface area (Å²) in [4.78, 5) is 39.1. The third-order valence-corrected chi connectivity index (χ3v) is 4.26. The third-order valence-electron chi connectivity index (χ3n) is 3.41. The van der Waals surface area contributed by atoms with Crippen molar-refractivity contribution in [3.8, 4) is 5.75 Å². The van der Waals surface area contributed by atoms with Gasteiger partial charge in [0.15, 0.2) is 0 Å². The van der Waals surface area contributed by atoms with Gasteiger partial charge in [-0.15, -0.1) is 21.5 Å². The Morgan fingerprint density at radius 2 is 2.08 bits per heavy atom. The predicted octanol–water partition coefficient (Wildman–Crippen LogP) is 3.19. The number of ether oxygens (including phenoxy) is 1. The molecule has 132 valence electrons. The molecule has 8 nitrogen and oxygen atoms in total. The van der Waals surface area contributed by atoms with Gasteiger partial charge in [-0.25, -0.2) is 9.59 Å². The molecule has 1 heterocycles. The lowest BCUT2D eigenvalue weighted by Crippen LogP contribution is -2.21. The summed E-state index contributed by atoms with van der Waals surface area (Å²) in [6, 6.07) is 7.51. The Hall–Kier alpha value is -2.94. The number of hydrogen-bond acceptors (Lipinski definition) is 7. The number of carbonyl (C=O) groups excluding carboxylic acids is 1. The highest BCUT2D eigenvalue weighted by Crippen LogP contribution is 2.27. The SMILES string of the molecule is CCC(Cc1c(OC(=O)c2cccs2)cccc1C(=O)O)O[N+](=O)[O-]. The lowest BCUT2D eigenvalue weighted by molar-refractivity contribution is -0.768. The first-order valence-corrected chi connectivity index (χ1v) is 8.22. The normalized spacial score (nSPS) is 11.6. The van der Waals surface area contributed by atoms with E-state index in [-0.39, 0.29) is 29.7 Å². The van der Waals surface area contributed by atoms with Gasteiger partial charge in [0.25, 0.3) is 5.09 Å². The number of rotatable bonds is 8. The molecular weight excluding hydrogens is 350 g/mol. The monoisotopic (exact) mass is 365 g/mol. The first-order valence-electron chi connectivity index (χ1n) is 7.34. The van der Waals surface area contributed by atoms with Crippen molar-refractivity contribution in [1.29, 1.82) is 0 Å². The minimum atomic E-state index is -1.22. The lowest BCUT2D eigenvalue weighted by atomic mass is 9.99. The van der Waals surface area contributed by atoms with E-state index < -0.39 is 23.1 Å². The minimum absolute atomic E-state index is 0.0451. The number of aromatic carboxylic acids is 1. The van der Waals surface area contributed by atoms with Gasteiger partial charge in [-0.2, -0.15) is 0 Å². The third kappa shape index (κ3) is 4.77. The van der Waals surface area contributed by atoms with Crippen LogP contribution in [0.25, 0.3) is 0 Å². The van der Waals surface area contributed by atoms with Crippen molar-refractivity contribution < 1.29 is 29.4 Å². The molecule has 1 aromatic carbocycles. The molecule has 0 saturated heterocycles. The number of esters is 1. The molecule has 0 aliphatic rings. The topological polar surface area (TPSA) is 116 Å². The number of carboxylic acids is 1. The molecule has 1 atom stereocenters. The molecule has 0 spiro atoms. The van der Waals surface area contributed by atoms with Gasteiger partial charge in [-0.3, -0.25) is 0 Å². The summed E-state index contributed by atoms with van der Waals surface area (Å²) in [6.45, 7) is 1.68. The lowest BCUT2D eigenvalue weighted by Gasteiger charge is -2.17. The van der Waals surface area contributed by atoms with E-state index in [1.54, 1.807) is 24.4 Å². The van der Waals surface area contributed by atoms with E-state index in [0.717, 1.165) is 0 Å². The predicted molar refractivity (Wildman–Crippen MR) is 88.5 cm³/mol. The molecule has 0 amide bonds. The van der Waals surface area contributed by atoms with Crippen molar-refractivity contribution in [3.05, 3.63) is 61.8 Å². The second-order valence-electron chi connectivity index (χ2n) is 5.02. The Morgan fingerprint density at radius 3 is 2.64 bits per heavy atom. The number of nitrogens with zero attached hydrogens (tertiary/aromatic N) is 1. The quantitative estimate of drug-likeness (QED) is 0.330. The van der Waals surface area contributed by atoms with Gasteiger partial charge < -0.3 is 14.7 Å². The van der Waals surface area contributed by atoms with Gasteiger partial charge in [0.2, 0.25) is 0 Å². The van der Waals surface area contributed by atoms with Crippen LogP contribution in [-0.2, 0) is 11.3 Å². The maximum Gasteiger partial charge on any atom is 0.353 e. The average molecular weight is 365 g/mol. The average Bonchev–Trinajstić information content (AvgIpc) is 3.09. The van der Waals surface area contributed by atoms with E-state index in [0.29, 0.717) is 4.88 Å². The maximum atomic E-state index is 12.1. The van der Waals surface area contributed by atoms with Crippen LogP contribution < -0.4 is 4.74 Å². The fourth-order valence-electron chi connectivity index (χ4n) is 2.22. The number of carboxylic acid groups (broad SMARTS) is 1. The van der Waals surface area contributed by atoms with Crippen LogP contribution in [0, 0.1) is 10.1 Å². The van der Waals surface area contributed by atoms with Crippen molar-refractivity contribution in [1.82, 2.24) is 0 Å². The van der Waals surface area contributed by atoms with Crippen LogP contribution in [0.3, 0.4) is 0 Å². The van der Waals surface area contributed by atoms with Crippen LogP contribution in [0.15, 0.2) is 35.7 Å². The van der Waals surface area contributed by atoms with Crippen molar-refractivity contribution in [3.63, 3.8) is 0 Å². The Balaban J connectivity index is 2.35. The van der Waals surface area contributed by atoms with Crippen LogP contribution in [0.4, 0.5) is 0 Å². The summed E-state index contributed by atoms with van der Waals surface area (Å²) in [7, 11) is 0. The number of benzene rings is 1. The van der Waals surface area contributed by atoms with E-state index in [9.17, 15) is 24.8 Å². The van der Waals surface area contributed by atoms with Crippen molar-refractivity contribution in [2.75, 3.05) is 0 Å². The molecule has 25 heavy (non-hydrogen) atoms. The number of thiophene rings is 1. The van der Waals surface area contributed by atoms with E-state index in [1.807, 2.05) is 0 Å². The van der Waals surface area contributed by atoms with Crippen LogP contribution >= 0.6 is 11.3 Å². The highest BCUT2D eigenvalue weighted by Gasteiger charge is 2.22. The maximum absolute atomic E-state index is 12.1. The van der Waals surface area contributed by atoms with E-state index >= 15 is 0 Å². The van der Waals surface area contributed by atoms with E-state index in [2.05, 4.69) is 4.84 Å². The first-order chi connectivity index (χ1) is 11.9.